The first kappa shape index (κ1) is 23.1. The van der Waals surface area contributed by atoms with E-state index in [2.05, 4.69) is 16.7 Å². The lowest BCUT2D eigenvalue weighted by molar-refractivity contribution is -0.645. The van der Waals surface area contributed by atoms with Crippen molar-refractivity contribution in [3.8, 4) is 0 Å². The van der Waals surface area contributed by atoms with Crippen molar-refractivity contribution in [3.63, 3.8) is 0 Å². The highest BCUT2D eigenvalue weighted by molar-refractivity contribution is 5.82. The summed E-state index contributed by atoms with van der Waals surface area (Å²) in [6.07, 6.45) is 1.21. The van der Waals surface area contributed by atoms with Crippen LogP contribution in [0.1, 0.15) is 39.7 Å². The highest BCUT2D eigenvalue weighted by atomic mass is 16.6. The standard InChI is InChI=1S/C22H29N3O5/c1-15(24-19(26)13-23-21(28)30-22(2,3)4)29-20(27)11-10-16-12-17-8-6-7-9-18(17)25(5)14-16/h6-9,12,14-15H,10-11,13H2,1-5H3,(H-,23,24,26,28)/p+1. The molecule has 30 heavy (non-hydrogen) atoms. The number of aryl methyl sites for hydroxylation is 2. The first-order chi connectivity index (χ1) is 14.0. The molecule has 162 valence electrons. The number of para-hydroxylation sites is 1. The molecular formula is C22H30N3O5+. The monoisotopic (exact) mass is 416 g/mol. The number of benzene rings is 1. The molecule has 0 aliphatic heterocycles. The number of aromatic nitrogens is 1. The molecule has 2 rings (SSSR count). The quantitative estimate of drug-likeness (QED) is 0.409. The number of rotatable bonds is 7. The van der Waals surface area contributed by atoms with E-state index in [-0.39, 0.29) is 13.0 Å². The van der Waals surface area contributed by atoms with Crippen molar-refractivity contribution in [1.82, 2.24) is 10.6 Å². The molecule has 2 amide bonds. The van der Waals surface area contributed by atoms with Crippen LogP contribution in [0.25, 0.3) is 10.9 Å². The molecule has 1 aromatic carbocycles. The molecule has 0 saturated carbocycles. The van der Waals surface area contributed by atoms with Gasteiger partial charge in [-0.25, -0.2) is 9.36 Å². The molecule has 0 aliphatic carbocycles. The summed E-state index contributed by atoms with van der Waals surface area (Å²) in [6, 6.07) is 10.1. The maximum Gasteiger partial charge on any atom is 0.408 e. The summed E-state index contributed by atoms with van der Waals surface area (Å²) in [5.41, 5.74) is 1.48. The van der Waals surface area contributed by atoms with Crippen molar-refractivity contribution in [2.45, 2.75) is 52.4 Å². The van der Waals surface area contributed by atoms with E-state index in [9.17, 15) is 14.4 Å². The predicted molar refractivity (Wildman–Crippen MR) is 111 cm³/mol. The van der Waals surface area contributed by atoms with Gasteiger partial charge in [0.2, 0.25) is 11.4 Å². The number of ether oxygens (including phenoxy) is 2. The third-order valence-corrected chi connectivity index (χ3v) is 4.10. The molecule has 0 spiro atoms. The fourth-order valence-corrected chi connectivity index (χ4v) is 2.90. The van der Waals surface area contributed by atoms with Crippen LogP contribution in [-0.2, 0) is 32.5 Å². The van der Waals surface area contributed by atoms with Crippen molar-refractivity contribution >= 4 is 28.9 Å². The number of alkyl carbamates (subject to hydrolysis) is 1. The molecule has 2 N–H and O–H groups in total. The van der Waals surface area contributed by atoms with Gasteiger partial charge in [0.05, 0.1) is 0 Å². The number of nitrogens with one attached hydrogen (secondary N) is 2. The fraction of sp³-hybridized carbons (Fsp3) is 0.455. The highest BCUT2D eigenvalue weighted by Gasteiger charge is 2.18. The third kappa shape index (κ3) is 7.69. The Morgan fingerprint density at radius 3 is 2.57 bits per heavy atom. The third-order valence-electron chi connectivity index (χ3n) is 4.10. The predicted octanol–water partition coefficient (Wildman–Crippen LogP) is 2.13. The zero-order valence-electron chi connectivity index (χ0n) is 18.2. The number of carbonyl (C=O) groups is 3. The smallest absolute Gasteiger partial charge is 0.408 e. The van der Waals surface area contributed by atoms with Gasteiger partial charge in [-0.05, 0) is 46.2 Å². The molecule has 0 fully saturated rings. The number of esters is 1. The van der Waals surface area contributed by atoms with E-state index in [4.69, 9.17) is 9.47 Å². The second kappa shape index (κ2) is 10.0. The van der Waals surface area contributed by atoms with Crippen molar-refractivity contribution < 1.29 is 28.4 Å². The fourth-order valence-electron chi connectivity index (χ4n) is 2.90. The molecular weight excluding hydrogens is 386 g/mol. The Morgan fingerprint density at radius 2 is 1.87 bits per heavy atom. The van der Waals surface area contributed by atoms with Crippen molar-refractivity contribution in [2.24, 2.45) is 7.05 Å². The Hall–Kier alpha value is -3.16. The maximum atomic E-state index is 12.1. The molecule has 0 bridgehead atoms. The SMILES string of the molecule is CC(NC(=O)CNC(=O)OC(C)(C)C)OC(=O)CCc1cc2ccccc2[n+](C)c1. The van der Waals surface area contributed by atoms with Gasteiger partial charge in [-0.3, -0.25) is 9.59 Å². The van der Waals surface area contributed by atoms with Crippen LogP contribution in [0.15, 0.2) is 36.5 Å². The molecule has 1 atom stereocenters. The summed E-state index contributed by atoms with van der Waals surface area (Å²) in [6.45, 7) is 6.47. The lowest BCUT2D eigenvalue weighted by Crippen LogP contribution is -2.43. The van der Waals surface area contributed by atoms with Crippen LogP contribution in [-0.4, -0.2) is 36.3 Å². The van der Waals surface area contributed by atoms with Gasteiger partial charge in [-0.15, -0.1) is 0 Å². The number of nitrogens with zero attached hydrogens (tertiary/aromatic N) is 1. The molecule has 2 aromatic rings. The Kier molecular flexibility index (Phi) is 7.74. The summed E-state index contributed by atoms with van der Waals surface area (Å²) < 4.78 is 12.3. The number of carbonyl (C=O) groups excluding carboxylic acids is 3. The van der Waals surface area contributed by atoms with Gasteiger partial charge in [-0.2, -0.15) is 0 Å². The normalized spacial score (nSPS) is 12.2. The minimum absolute atomic E-state index is 0.189. The Balaban J connectivity index is 1.75. The number of fused-ring (bicyclic) bond motifs is 1. The zero-order valence-corrected chi connectivity index (χ0v) is 18.2. The maximum absolute atomic E-state index is 12.1. The first-order valence-electron chi connectivity index (χ1n) is 9.86. The van der Waals surface area contributed by atoms with E-state index in [1.165, 1.54) is 0 Å². The molecule has 0 aliphatic rings. The number of pyridine rings is 1. The molecule has 8 nitrogen and oxygen atoms in total. The number of amides is 2. The van der Waals surface area contributed by atoms with Crippen LogP contribution >= 0.6 is 0 Å². The van der Waals surface area contributed by atoms with E-state index in [0.29, 0.717) is 6.42 Å². The van der Waals surface area contributed by atoms with Gasteiger partial charge in [0, 0.05) is 23.4 Å². The van der Waals surface area contributed by atoms with Gasteiger partial charge in [0.15, 0.2) is 12.4 Å². The van der Waals surface area contributed by atoms with Gasteiger partial charge in [0.25, 0.3) is 0 Å². The van der Waals surface area contributed by atoms with Crippen molar-refractivity contribution in [3.05, 3.63) is 42.1 Å². The number of hydrogen-bond acceptors (Lipinski definition) is 5. The molecule has 1 aromatic heterocycles. The van der Waals surface area contributed by atoms with E-state index in [1.54, 1.807) is 27.7 Å². The van der Waals surface area contributed by atoms with Crippen LogP contribution in [0.3, 0.4) is 0 Å². The molecule has 1 heterocycles. The largest absolute Gasteiger partial charge is 0.444 e. The second-order valence-corrected chi connectivity index (χ2v) is 8.07. The first-order valence-corrected chi connectivity index (χ1v) is 9.86. The summed E-state index contributed by atoms with van der Waals surface area (Å²) in [5.74, 6) is -0.901. The average Bonchev–Trinajstić information content (AvgIpc) is 2.63. The van der Waals surface area contributed by atoms with Crippen LogP contribution in [0, 0.1) is 0 Å². The summed E-state index contributed by atoms with van der Waals surface area (Å²) in [5, 5.41) is 5.95. The molecule has 8 heteroatoms. The van der Waals surface area contributed by atoms with Crippen LogP contribution in [0.2, 0.25) is 0 Å². The van der Waals surface area contributed by atoms with E-state index in [1.807, 2.05) is 42.1 Å². The average molecular weight is 416 g/mol. The Labute approximate surface area is 176 Å². The van der Waals surface area contributed by atoms with Gasteiger partial charge >= 0.3 is 12.1 Å². The van der Waals surface area contributed by atoms with Crippen LogP contribution < -0.4 is 15.2 Å². The van der Waals surface area contributed by atoms with Gasteiger partial charge in [0.1, 0.15) is 19.2 Å². The summed E-state index contributed by atoms with van der Waals surface area (Å²) in [7, 11) is 1.97. The van der Waals surface area contributed by atoms with E-state index >= 15 is 0 Å². The lowest BCUT2D eigenvalue weighted by atomic mass is 10.1. The summed E-state index contributed by atoms with van der Waals surface area (Å²) in [4.78, 5) is 35.5. The topological polar surface area (TPSA) is 97.6 Å². The van der Waals surface area contributed by atoms with Gasteiger partial charge in [-0.1, -0.05) is 12.1 Å². The van der Waals surface area contributed by atoms with Crippen molar-refractivity contribution in [2.75, 3.05) is 6.54 Å². The second-order valence-electron chi connectivity index (χ2n) is 8.07. The van der Waals surface area contributed by atoms with Crippen LogP contribution in [0.5, 0.6) is 0 Å². The van der Waals surface area contributed by atoms with E-state index < -0.39 is 29.8 Å². The highest BCUT2D eigenvalue weighted by Crippen LogP contribution is 2.13. The Bertz CT molecular complexity index is 921. The molecule has 0 radical (unpaired) electrons. The van der Waals surface area contributed by atoms with Crippen LogP contribution in [0.4, 0.5) is 4.79 Å². The van der Waals surface area contributed by atoms with Crippen molar-refractivity contribution in [1.29, 1.82) is 0 Å². The van der Waals surface area contributed by atoms with E-state index in [0.717, 1.165) is 16.5 Å². The number of hydrogen-bond donors (Lipinski definition) is 2. The minimum Gasteiger partial charge on any atom is -0.444 e. The Morgan fingerprint density at radius 1 is 1.17 bits per heavy atom. The molecule has 0 saturated heterocycles. The molecule has 1 unspecified atom stereocenters. The summed E-state index contributed by atoms with van der Waals surface area (Å²) >= 11 is 0. The zero-order chi connectivity index (χ0) is 22.3. The minimum atomic E-state index is -0.807. The lowest BCUT2D eigenvalue weighted by Gasteiger charge is -2.20. The van der Waals surface area contributed by atoms with Gasteiger partial charge < -0.3 is 20.1 Å².